The molecule has 5 aliphatic heterocycles. The molecule has 16 atom stereocenters. The van der Waals surface area contributed by atoms with Gasteiger partial charge in [-0.05, 0) is 190 Å². The van der Waals surface area contributed by atoms with Crippen LogP contribution >= 0.6 is 22.6 Å². The van der Waals surface area contributed by atoms with Crippen LogP contribution < -0.4 is 35.4 Å². The number of benzene rings is 4. The summed E-state index contributed by atoms with van der Waals surface area (Å²) in [6.45, 7) is 33.5. The third-order valence-electron chi connectivity index (χ3n) is 26.7. The van der Waals surface area contributed by atoms with Crippen molar-refractivity contribution in [3.05, 3.63) is 98.6 Å². The maximum atomic E-state index is 14.3. The van der Waals surface area contributed by atoms with Gasteiger partial charge in [-0.25, -0.2) is 9.59 Å². The molecule has 114 heavy (non-hydrogen) atoms. The number of nitrogens with one attached hydrogen (secondary N) is 2. The largest absolute Gasteiger partial charge is 0.494 e. The second kappa shape index (κ2) is 38.5. The van der Waals surface area contributed by atoms with E-state index in [4.69, 9.17) is 37.9 Å². The number of carbonyl (C=O) groups excluding carboxylic acids is 2. The molecule has 8 N–H and O–H groups in total. The number of hydrogen-bond donors (Lipinski definition) is 8. The summed E-state index contributed by atoms with van der Waals surface area (Å²) in [6.07, 6.45) is 1.14. The fourth-order valence-electron chi connectivity index (χ4n) is 18.7. The molecule has 4 unspecified atom stereocenters. The predicted molar refractivity (Wildman–Crippen MR) is 450 cm³/mol. The van der Waals surface area contributed by atoms with E-state index in [0.717, 1.165) is 96.1 Å². The molecule has 6 saturated carbocycles. The quantitative estimate of drug-likeness (QED) is 0.0214. The number of rotatable bonds is 26. The van der Waals surface area contributed by atoms with Crippen molar-refractivity contribution in [1.82, 2.24) is 30.6 Å². The molecule has 2 amide bonds. The molecule has 4 aromatic rings. The van der Waals surface area contributed by atoms with Crippen LogP contribution in [0.25, 0.3) is 11.1 Å². The van der Waals surface area contributed by atoms with E-state index in [2.05, 4.69) is 84.6 Å². The number of morpholine rings is 2. The van der Waals surface area contributed by atoms with Crippen LogP contribution in [0.5, 0.6) is 11.5 Å². The Kier molecular flexibility index (Phi) is 31.1. The summed E-state index contributed by atoms with van der Waals surface area (Å²) in [5.41, 5.74) is 5.38. The second-order valence-electron chi connectivity index (χ2n) is 35.2. The predicted octanol–water partition coefficient (Wildman–Crippen LogP) is 9.17. The molecule has 11 fully saturated rings. The van der Waals surface area contributed by atoms with Crippen LogP contribution in [0.4, 0.5) is 11.4 Å². The normalized spacial score (nSPS) is 29.0. The monoisotopic (exact) mass is 1700 g/mol. The van der Waals surface area contributed by atoms with E-state index >= 15 is 0 Å². The first-order chi connectivity index (χ1) is 52.9. The number of amides is 2. The van der Waals surface area contributed by atoms with Crippen molar-refractivity contribution in [2.45, 2.75) is 196 Å². The van der Waals surface area contributed by atoms with Gasteiger partial charge in [0.15, 0.2) is 0 Å². The second-order valence-corrected chi connectivity index (χ2v) is 36.3. The number of nitrogens with zero attached hydrogens (tertiary/aromatic N) is 6. The highest BCUT2D eigenvalue weighted by molar-refractivity contribution is 14.1. The molecule has 4 bridgehead atoms. The maximum Gasteiger partial charge on any atom is 0.494 e. The van der Waals surface area contributed by atoms with Crippen molar-refractivity contribution < 1.29 is 87.7 Å². The number of hydrogen-bond acceptors (Lipinski definition) is 22. The van der Waals surface area contributed by atoms with Gasteiger partial charge < -0.3 is 79.3 Å². The number of carboxylic acid groups (broad SMARTS) is 2. The summed E-state index contributed by atoms with van der Waals surface area (Å²) in [5, 5.41) is 71.4. The number of aromatic carboxylic acids is 2. The van der Waals surface area contributed by atoms with E-state index in [1.165, 1.54) is 12.8 Å². The summed E-state index contributed by atoms with van der Waals surface area (Å²) in [4.78, 5) is 72.6. The molecule has 28 heteroatoms. The standard InChI is InChI=1S/C39H56N4O8.C30H46IN3O6.C15H22BNO4.2CH4/c1-23-31-19-28(39(31,3)4)20-32(23)40-37(46)35-34(24(2)45)33(22-44)51-43(35)21-25-8-7-9-30(36(25)50-15-12-42-10-13-49-14-11-42)26-16-27(38(47)48)18-29(17-26)41(5)6;1-18-22-14-21(30(22,3)4)15-24(18)32-29(37)27-26(19(2)36)25(17-35)40-34(27)16-20-6-5-7-23(31)28(20)39-13-10-33-8-11-38-12-9-33;1-14(2)15(3,4)21-16(20-14)11-7-10(13(18)19)8-12(9-11)17(5)6;;/h7-9,16-18,23-24,28,31-35,44-45H,10-15,19-22H2,1-6H3,(H,40,46)(H,47,48);5-7,18-19,21-22,24-27,35-36H,8-17H2,1-4H3,(H,32,37);7-9H,1-6H3,(H,18,19);2*1H4/t23-,24-,28?,31-,32?,33-,34+,35-;18-,19-,21?,22-,24?,25-,26+,27-;;;/m00.../s1. The van der Waals surface area contributed by atoms with Crippen LogP contribution in [0.3, 0.4) is 0 Å². The summed E-state index contributed by atoms with van der Waals surface area (Å²) in [5.74, 6) is 0.815. The Hall–Kier alpha value is -5.81. The zero-order valence-corrected chi connectivity index (χ0v) is 70.7. The first-order valence-corrected chi connectivity index (χ1v) is 41.3. The molecule has 5 saturated heterocycles. The number of carbonyl (C=O) groups is 4. The van der Waals surface area contributed by atoms with Crippen molar-refractivity contribution >= 4 is 70.3 Å². The number of aliphatic hydroxyl groups excluding tert-OH is 4. The average molecular weight is 1700 g/mol. The van der Waals surface area contributed by atoms with Gasteiger partial charge in [-0.2, -0.15) is 10.1 Å². The fraction of sp³-hybridized carbons (Fsp3) is 0.674. The number of carboxylic acids is 2. The highest BCUT2D eigenvalue weighted by Gasteiger charge is 2.60. The van der Waals surface area contributed by atoms with E-state index < -0.39 is 78.6 Å². The van der Waals surface area contributed by atoms with Gasteiger partial charge in [-0.1, -0.05) is 86.7 Å². The Morgan fingerprint density at radius 3 is 1.40 bits per heavy atom. The van der Waals surface area contributed by atoms with Crippen molar-refractivity contribution in [3.63, 3.8) is 0 Å². The number of halogens is 1. The lowest BCUT2D eigenvalue weighted by atomic mass is 9.45. The Bertz CT molecular complexity index is 3900. The molecule has 11 aliphatic rings. The number of aliphatic hydroxyl groups is 4. The molecule has 0 spiro atoms. The van der Waals surface area contributed by atoms with Crippen LogP contribution in [0.2, 0.25) is 0 Å². The van der Waals surface area contributed by atoms with Gasteiger partial charge in [-0.15, -0.1) is 0 Å². The van der Waals surface area contributed by atoms with Gasteiger partial charge in [0.2, 0.25) is 11.8 Å². The first kappa shape index (κ1) is 92.1. The number of hydroxylamine groups is 4. The van der Waals surface area contributed by atoms with Crippen LogP contribution in [0.1, 0.15) is 155 Å². The molecule has 5 heterocycles. The van der Waals surface area contributed by atoms with Crippen molar-refractivity contribution in [2.24, 2.45) is 58.2 Å². The SMILES string of the molecule is C.C.CN(C)c1cc(B2OC(C)(C)C(C)(C)O2)cc(C(=O)O)c1.C[C@H](O)[C@@H]1[C@H](CO)ON(Cc2cccc(-c3cc(C(=O)O)cc(N(C)C)c3)c2OCCN2CCOCC2)[C@@H]1C(=O)NC1CC2C[C@@H]([C@@H]1C)C2(C)C.C[C@H](O)[C@@H]1[C@H](CO)ON(Cc2cccc(I)c2OCCN2CCOCC2)[C@@H]1C(=O)NC1CC2C[C@@H]([C@@H]1C)C2(C)C. The Balaban J connectivity index is 0.000000210. The van der Waals surface area contributed by atoms with Gasteiger partial charge in [0.05, 0.1) is 90.8 Å². The minimum atomic E-state index is -1.03. The van der Waals surface area contributed by atoms with Gasteiger partial charge in [0.25, 0.3) is 0 Å². The van der Waals surface area contributed by atoms with E-state index in [-0.39, 0.29) is 75.1 Å². The third-order valence-corrected chi connectivity index (χ3v) is 27.5. The number of ether oxygens (including phenoxy) is 4. The zero-order valence-electron chi connectivity index (χ0n) is 68.5. The van der Waals surface area contributed by atoms with Crippen LogP contribution in [-0.2, 0) is 51.1 Å². The molecule has 15 rings (SSSR count). The molecular formula is C86H132BIN8O18. The smallest absolute Gasteiger partial charge is 0.491 e. The van der Waals surface area contributed by atoms with Crippen LogP contribution in [0.15, 0.2) is 72.8 Å². The minimum Gasteiger partial charge on any atom is -0.491 e. The number of fused-ring (bicyclic) bond motifs is 4. The van der Waals surface area contributed by atoms with Crippen LogP contribution in [0, 0.1) is 61.7 Å². The Labute approximate surface area is 690 Å². The molecule has 4 aromatic carbocycles. The van der Waals surface area contributed by atoms with Crippen LogP contribution in [-0.4, -0.2) is 262 Å². The fourth-order valence-corrected chi connectivity index (χ4v) is 19.4. The van der Waals surface area contributed by atoms with E-state index in [1.54, 1.807) is 48.2 Å². The Morgan fingerprint density at radius 1 is 0.588 bits per heavy atom. The van der Waals surface area contributed by atoms with Crippen molar-refractivity contribution in [1.29, 1.82) is 0 Å². The van der Waals surface area contributed by atoms with Crippen molar-refractivity contribution in [2.75, 3.05) is 130 Å². The average Bonchev–Trinajstić information content (AvgIpc) is 1.13. The summed E-state index contributed by atoms with van der Waals surface area (Å²) in [6, 6.07) is 20.6. The lowest BCUT2D eigenvalue weighted by Crippen LogP contribution is -2.62. The van der Waals surface area contributed by atoms with Gasteiger partial charge in [0.1, 0.15) is 49.0 Å². The summed E-state index contributed by atoms with van der Waals surface area (Å²) in [7, 11) is 6.91. The summed E-state index contributed by atoms with van der Waals surface area (Å²) >= 11 is 2.28. The lowest BCUT2D eigenvalue weighted by Gasteiger charge is -2.62. The van der Waals surface area contributed by atoms with Gasteiger partial charge in [0, 0.05) is 119 Å². The molecule has 0 aromatic heterocycles. The molecule has 26 nitrogen and oxygen atoms in total. The lowest BCUT2D eigenvalue weighted by molar-refractivity contribution is -0.183. The summed E-state index contributed by atoms with van der Waals surface area (Å²) < 4.78 is 36.8. The van der Waals surface area contributed by atoms with Crippen molar-refractivity contribution in [3.8, 4) is 22.6 Å². The zero-order chi connectivity index (χ0) is 81.2. The molecule has 0 radical (unpaired) electrons. The first-order valence-electron chi connectivity index (χ1n) is 40.2. The van der Waals surface area contributed by atoms with Gasteiger partial charge >= 0.3 is 19.1 Å². The Morgan fingerprint density at radius 2 is 1.00 bits per heavy atom. The number of anilines is 2. The topological polar surface area (TPSA) is 307 Å². The minimum absolute atomic E-state index is 0. The maximum absolute atomic E-state index is 14.3. The molecular weight excluding hydrogens is 1570 g/mol. The molecule has 6 aliphatic carbocycles. The molecule has 634 valence electrons. The highest BCUT2D eigenvalue weighted by atomic mass is 127. The van der Waals surface area contributed by atoms with E-state index in [1.807, 2.05) is 114 Å². The number of para-hydroxylation sites is 2. The highest BCUT2D eigenvalue weighted by Crippen LogP contribution is 2.62. The van der Waals surface area contributed by atoms with E-state index in [9.17, 15) is 49.8 Å². The van der Waals surface area contributed by atoms with Gasteiger partial charge in [-0.3, -0.25) is 29.1 Å². The third kappa shape index (κ3) is 20.2. The van der Waals surface area contributed by atoms with E-state index in [0.29, 0.717) is 97.3 Å².